The first-order chi connectivity index (χ1) is 13.2. The Morgan fingerprint density at radius 1 is 1.14 bits per heavy atom. The number of amides is 1. The molecule has 1 aliphatic heterocycles. The van der Waals surface area contributed by atoms with Gasteiger partial charge in [-0.3, -0.25) is 9.78 Å². The van der Waals surface area contributed by atoms with E-state index in [9.17, 15) is 4.79 Å². The zero-order valence-corrected chi connectivity index (χ0v) is 16.6. The average Bonchev–Trinajstić information content (AvgIpc) is 3.15. The predicted molar refractivity (Wildman–Crippen MR) is 110 cm³/mol. The Balaban J connectivity index is 0.00000225. The fourth-order valence-corrected chi connectivity index (χ4v) is 3.63. The number of carbonyl (C=O) groups excluding carboxylic acids is 1. The molecule has 0 saturated heterocycles. The lowest BCUT2D eigenvalue weighted by molar-refractivity contribution is 0.0753. The molecule has 6 nitrogen and oxygen atoms in total. The van der Waals surface area contributed by atoms with Crippen molar-refractivity contribution in [3.8, 4) is 11.5 Å². The molecule has 0 aliphatic carbocycles. The maximum absolute atomic E-state index is 13.3. The van der Waals surface area contributed by atoms with Gasteiger partial charge in [-0.05, 0) is 17.2 Å². The van der Waals surface area contributed by atoms with E-state index in [4.69, 9.17) is 15.2 Å². The minimum absolute atomic E-state index is 0. The van der Waals surface area contributed by atoms with E-state index in [0.717, 1.165) is 10.8 Å². The smallest absolute Gasteiger partial charge is 0.256 e. The highest BCUT2D eigenvalue weighted by molar-refractivity contribution is 6.09. The molecule has 2 aromatic carbocycles. The Bertz CT molecular complexity index is 1010. The molecule has 0 saturated carbocycles. The van der Waals surface area contributed by atoms with Gasteiger partial charge in [0, 0.05) is 42.7 Å². The van der Waals surface area contributed by atoms with Crippen molar-refractivity contribution >= 4 is 29.1 Å². The molecule has 0 bridgehead atoms. The number of methoxy groups -OCH3 is 2. The highest BCUT2D eigenvalue weighted by Gasteiger charge is 2.26. The van der Waals surface area contributed by atoms with Gasteiger partial charge in [0.2, 0.25) is 0 Å². The van der Waals surface area contributed by atoms with Crippen molar-refractivity contribution in [2.24, 2.45) is 5.73 Å². The van der Waals surface area contributed by atoms with Crippen molar-refractivity contribution in [2.75, 3.05) is 14.2 Å². The molecule has 3 aromatic rings. The van der Waals surface area contributed by atoms with Crippen LogP contribution < -0.4 is 15.2 Å². The van der Waals surface area contributed by atoms with Gasteiger partial charge < -0.3 is 20.1 Å². The van der Waals surface area contributed by atoms with Crippen LogP contribution in [0, 0.1) is 0 Å². The standard InChI is InChI=1S/C21H21N3O3.ClH/c1-26-15-7-16-17(10-23-18(9-22)20(16)19(8-15)27-2)21(25)24-11-13-5-3-4-6-14(13)12-24;/h3-8,10H,9,11-12,22H2,1-2H3;1H. The van der Waals surface area contributed by atoms with Crippen molar-refractivity contribution in [3.05, 3.63) is 65.0 Å². The molecule has 0 fully saturated rings. The average molecular weight is 400 g/mol. The molecule has 0 radical (unpaired) electrons. The summed E-state index contributed by atoms with van der Waals surface area (Å²) in [5.41, 5.74) is 9.43. The van der Waals surface area contributed by atoms with Gasteiger partial charge >= 0.3 is 0 Å². The molecule has 0 spiro atoms. The van der Waals surface area contributed by atoms with Crippen LogP contribution in [0.15, 0.2) is 42.6 Å². The van der Waals surface area contributed by atoms with Gasteiger partial charge in [-0.25, -0.2) is 0 Å². The second-order valence-corrected chi connectivity index (χ2v) is 6.50. The molecule has 7 heteroatoms. The third kappa shape index (κ3) is 3.25. The van der Waals surface area contributed by atoms with Crippen LogP contribution in [-0.2, 0) is 19.6 Å². The molecule has 4 rings (SSSR count). The van der Waals surface area contributed by atoms with Crippen LogP contribution in [0.3, 0.4) is 0 Å². The van der Waals surface area contributed by atoms with Gasteiger partial charge in [0.25, 0.3) is 5.91 Å². The first-order valence-corrected chi connectivity index (χ1v) is 8.76. The maximum atomic E-state index is 13.3. The van der Waals surface area contributed by atoms with Crippen LogP contribution in [0.25, 0.3) is 10.8 Å². The number of hydrogen-bond donors (Lipinski definition) is 1. The molecule has 1 amide bonds. The van der Waals surface area contributed by atoms with Crippen molar-refractivity contribution < 1.29 is 14.3 Å². The summed E-state index contributed by atoms with van der Waals surface area (Å²) in [5, 5.41) is 1.49. The molecule has 1 aromatic heterocycles. The number of pyridine rings is 1. The van der Waals surface area contributed by atoms with Crippen LogP contribution in [0.5, 0.6) is 11.5 Å². The number of nitrogens with two attached hydrogens (primary N) is 1. The van der Waals surface area contributed by atoms with E-state index < -0.39 is 0 Å². The zero-order chi connectivity index (χ0) is 19.0. The molecule has 28 heavy (non-hydrogen) atoms. The highest BCUT2D eigenvalue weighted by atomic mass is 35.5. The largest absolute Gasteiger partial charge is 0.497 e. The monoisotopic (exact) mass is 399 g/mol. The summed E-state index contributed by atoms with van der Waals surface area (Å²) in [6.45, 7) is 1.44. The number of ether oxygens (including phenoxy) is 2. The van der Waals surface area contributed by atoms with E-state index in [-0.39, 0.29) is 24.9 Å². The second-order valence-electron chi connectivity index (χ2n) is 6.50. The number of nitrogens with zero attached hydrogens (tertiary/aromatic N) is 2. The van der Waals surface area contributed by atoms with Gasteiger partial charge in [0.15, 0.2) is 0 Å². The Kier molecular flexibility index (Phi) is 5.72. The molecular formula is C21H22ClN3O3. The van der Waals surface area contributed by atoms with E-state index in [1.807, 2.05) is 23.1 Å². The summed E-state index contributed by atoms with van der Waals surface area (Å²) in [6.07, 6.45) is 1.61. The van der Waals surface area contributed by atoms with Gasteiger partial charge in [-0.1, -0.05) is 24.3 Å². The number of halogens is 1. The fraction of sp³-hybridized carbons (Fsp3) is 0.238. The molecular weight excluding hydrogens is 378 g/mol. The summed E-state index contributed by atoms with van der Waals surface area (Å²) in [6, 6.07) is 11.7. The minimum atomic E-state index is -0.0671. The quantitative estimate of drug-likeness (QED) is 0.728. The molecule has 2 heterocycles. The van der Waals surface area contributed by atoms with Crippen molar-refractivity contribution in [2.45, 2.75) is 19.6 Å². The number of aromatic nitrogens is 1. The highest BCUT2D eigenvalue weighted by Crippen LogP contribution is 2.36. The number of rotatable bonds is 4. The summed E-state index contributed by atoms with van der Waals surface area (Å²) in [5.74, 6) is 1.14. The van der Waals surface area contributed by atoms with Crippen LogP contribution in [0.4, 0.5) is 0 Å². The minimum Gasteiger partial charge on any atom is -0.497 e. The van der Waals surface area contributed by atoms with Crippen LogP contribution >= 0.6 is 12.4 Å². The summed E-state index contributed by atoms with van der Waals surface area (Å²) in [4.78, 5) is 19.6. The maximum Gasteiger partial charge on any atom is 0.256 e. The van der Waals surface area contributed by atoms with Crippen LogP contribution in [0.2, 0.25) is 0 Å². The van der Waals surface area contributed by atoms with Crippen molar-refractivity contribution in [1.29, 1.82) is 0 Å². The SMILES string of the molecule is COc1cc(OC)c2c(CN)ncc(C(=O)N3Cc4ccccc4C3)c2c1.Cl. The molecule has 2 N–H and O–H groups in total. The van der Waals surface area contributed by atoms with E-state index in [2.05, 4.69) is 17.1 Å². The number of benzene rings is 2. The van der Waals surface area contributed by atoms with Crippen molar-refractivity contribution in [1.82, 2.24) is 9.88 Å². The summed E-state index contributed by atoms with van der Waals surface area (Å²) in [7, 11) is 3.17. The summed E-state index contributed by atoms with van der Waals surface area (Å²) < 4.78 is 10.9. The van der Waals surface area contributed by atoms with Gasteiger partial charge in [-0.2, -0.15) is 0 Å². The predicted octanol–water partition coefficient (Wildman–Crippen LogP) is 3.29. The van der Waals surface area contributed by atoms with E-state index in [0.29, 0.717) is 35.8 Å². The Hall–Kier alpha value is -2.83. The van der Waals surface area contributed by atoms with E-state index in [1.165, 1.54) is 11.1 Å². The Morgan fingerprint density at radius 3 is 2.39 bits per heavy atom. The summed E-state index contributed by atoms with van der Waals surface area (Å²) >= 11 is 0. The fourth-order valence-electron chi connectivity index (χ4n) is 3.63. The van der Waals surface area contributed by atoms with Gasteiger partial charge in [0.05, 0.1) is 25.5 Å². The normalized spacial score (nSPS) is 12.5. The number of carbonyl (C=O) groups is 1. The Labute approximate surface area is 169 Å². The lowest BCUT2D eigenvalue weighted by Crippen LogP contribution is -2.26. The molecule has 1 aliphatic rings. The lowest BCUT2D eigenvalue weighted by Gasteiger charge is -2.19. The van der Waals surface area contributed by atoms with Crippen molar-refractivity contribution in [3.63, 3.8) is 0 Å². The molecule has 0 atom stereocenters. The lowest BCUT2D eigenvalue weighted by atomic mass is 10.0. The topological polar surface area (TPSA) is 77.7 Å². The molecule has 146 valence electrons. The number of fused-ring (bicyclic) bond motifs is 2. The Morgan fingerprint density at radius 2 is 1.82 bits per heavy atom. The van der Waals surface area contributed by atoms with E-state index >= 15 is 0 Å². The third-order valence-corrected chi connectivity index (χ3v) is 5.01. The van der Waals surface area contributed by atoms with Gasteiger partial charge in [0.1, 0.15) is 11.5 Å². The zero-order valence-electron chi connectivity index (χ0n) is 15.8. The number of hydrogen-bond acceptors (Lipinski definition) is 5. The van der Waals surface area contributed by atoms with Crippen LogP contribution in [-0.4, -0.2) is 30.0 Å². The second kappa shape index (κ2) is 8.04. The van der Waals surface area contributed by atoms with Gasteiger partial charge in [-0.15, -0.1) is 12.4 Å². The molecule has 0 unspecified atom stereocenters. The first-order valence-electron chi connectivity index (χ1n) is 8.76. The van der Waals surface area contributed by atoms with E-state index in [1.54, 1.807) is 26.5 Å². The third-order valence-electron chi connectivity index (χ3n) is 5.01. The first kappa shape index (κ1) is 19.9. The van der Waals surface area contributed by atoms with Crippen LogP contribution in [0.1, 0.15) is 27.2 Å².